The maximum Gasteiger partial charge on any atom is 0.164 e. The number of nitrogens with zero attached hydrogens (tertiary/aromatic N) is 5. The molecule has 72 heavy (non-hydrogen) atoms. The van der Waals surface area contributed by atoms with Crippen molar-refractivity contribution in [2.24, 2.45) is 0 Å². The lowest BCUT2D eigenvalue weighted by molar-refractivity contribution is 0.661. The van der Waals surface area contributed by atoms with Gasteiger partial charge >= 0.3 is 0 Å². The summed E-state index contributed by atoms with van der Waals surface area (Å²) in [5.41, 5.74) is 18.6. The van der Waals surface area contributed by atoms with Gasteiger partial charge in [0, 0.05) is 71.9 Å². The van der Waals surface area contributed by atoms with Crippen LogP contribution >= 0.6 is 0 Å². The minimum atomic E-state index is -0.194. The number of hydrogen-bond acceptors (Lipinski definition) is 4. The number of hydrogen-bond donors (Lipinski definition) is 0. The molecule has 6 nitrogen and oxygen atoms in total. The summed E-state index contributed by atoms with van der Waals surface area (Å²) in [4.78, 5) is 15.2. The van der Waals surface area contributed by atoms with Crippen molar-refractivity contribution in [2.45, 2.75) is 19.3 Å². The molecule has 0 atom stereocenters. The highest BCUT2D eigenvalue weighted by molar-refractivity contribution is 6.18. The van der Waals surface area contributed by atoms with Crippen LogP contribution in [-0.4, -0.2) is 24.1 Å². The fourth-order valence-corrected chi connectivity index (χ4v) is 11.7. The van der Waals surface area contributed by atoms with Crippen LogP contribution in [0.4, 0.5) is 0 Å². The summed E-state index contributed by atoms with van der Waals surface area (Å²) >= 11 is 0. The van der Waals surface area contributed by atoms with Crippen LogP contribution in [0.1, 0.15) is 25.0 Å². The van der Waals surface area contributed by atoms with Gasteiger partial charge in [-0.2, -0.15) is 0 Å². The molecule has 0 radical (unpaired) electrons. The Balaban J connectivity index is 0.922. The molecule has 1 aliphatic carbocycles. The first kappa shape index (κ1) is 40.5. The summed E-state index contributed by atoms with van der Waals surface area (Å²) in [6.45, 7) is 4.75. The molecule has 0 saturated heterocycles. The van der Waals surface area contributed by atoms with Gasteiger partial charge in [-0.15, -0.1) is 0 Å². The zero-order valence-corrected chi connectivity index (χ0v) is 39.5. The van der Waals surface area contributed by atoms with Crippen molar-refractivity contribution in [3.8, 4) is 67.8 Å². The third-order valence-corrected chi connectivity index (χ3v) is 15.1. The van der Waals surface area contributed by atoms with E-state index in [-0.39, 0.29) is 5.41 Å². The quantitative estimate of drug-likeness (QED) is 0.167. The van der Waals surface area contributed by atoms with Crippen molar-refractivity contribution >= 4 is 65.6 Å². The Hall–Kier alpha value is -9.39. The first-order valence-electron chi connectivity index (χ1n) is 24.6. The topological polar surface area (TPSA) is 61.7 Å². The summed E-state index contributed by atoms with van der Waals surface area (Å²) in [5.74, 6) is 1.86. The predicted molar refractivity (Wildman–Crippen MR) is 295 cm³/mol. The maximum absolute atomic E-state index is 6.56. The molecule has 0 amide bonds. The van der Waals surface area contributed by atoms with E-state index >= 15 is 0 Å². The Morgan fingerprint density at radius 1 is 0.319 bits per heavy atom. The lowest BCUT2D eigenvalue weighted by Crippen LogP contribution is -2.15. The SMILES string of the molecule is CC1(C)c2ccc(-c3ccc4c5cc6c(cc5n(-c5cccc(-c7nc(-c8ccccc8)nc(-c8ccccc8)n7)c5)c4c3)oc3ccccc36)cc2-c2cc3c4ccccc4n(-c4ccccc4)c3cc21. The van der Waals surface area contributed by atoms with Gasteiger partial charge in [0.2, 0.25) is 0 Å². The molecule has 0 aliphatic heterocycles. The predicted octanol–water partition coefficient (Wildman–Crippen LogP) is 16.9. The van der Waals surface area contributed by atoms with E-state index in [0.29, 0.717) is 17.5 Å². The zero-order chi connectivity index (χ0) is 47.7. The molecule has 0 bridgehead atoms. The Labute approximate surface area is 414 Å². The molecule has 15 rings (SSSR count). The minimum absolute atomic E-state index is 0.194. The molecular weight excluding hydrogens is 879 g/mol. The largest absolute Gasteiger partial charge is 0.456 e. The summed E-state index contributed by atoms with van der Waals surface area (Å²) < 4.78 is 11.4. The van der Waals surface area contributed by atoms with E-state index in [1.807, 2.05) is 72.8 Å². The van der Waals surface area contributed by atoms with Crippen LogP contribution in [0.3, 0.4) is 0 Å². The van der Waals surface area contributed by atoms with Crippen LogP contribution in [0.5, 0.6) is 0 Å². The average Bonchev–Trinajstić information content (AvgIpc) is 4.14. The number of furan rings is 1. The minimum Gasteiger partial charge on any atom is -0.456 e. The van der Waals surface area contributed by atoms with E-state index in [1.165, 1.54) is 55.3 Å². The fraction of sp³-hybridized carbons (Fsp3) is 0.0455. The number of aromatic nitrogens is 5. The maximum atomic E-state index is 6.56. The molecule has 6 heteroatoms. The lowest BCUT2D eigenvalue weighted by atomic mass is 9.82. The van der Waals surface area contributed by atoms with E-state index in [1.54, 1.807) is 0 Å². The summed E-state index contributed by atoms with van der Waals surface area (Å²) in [7, 11) is 0. The fourth-order valence-electron chi connectivity index (χ4n) is 11.7. The number of para-hydroxylation sites is 3. The normalized spacial score (nSPS) is 13.0. The molecule has 338 valence electrons. The Morgan fingerprint density at radius 3 is 1.62 bits per heavy atom. The van der Waals surface area contributed by atoms with Gasteiger partial charge in [-0.25, -0.2) is 15.0 Å². The van der Waals surface area contributed by atoms with Crippen LogP contribution in [0.2, 0.25) is 0 Å². The molecule has 0 N–H and O–H groups in total. The standard InChI is InChI=1S/C66H43N5O/c1-66(2)55-32-30-42(34-50(55)51-36-52-47-25-12-14-27-57(47)70(59(52)38-56(51)66)45-22-10-5-11-23-45)43-29-31-48-53-37-54-49-26-13-15-28-61(49)72-62(54)39-60(53)71(58(48)35-43)46-24-16-21-44(33-46)65-68-63(40-17-6-3-7-18-40)67-64(69-65)41-19-8-4-9-20-41/h3-39H,1-2H3. The lowest BCUT2D eigenvalue weighted by Gasteiger charge is -2.22. The molecule has 14 aromatic rings. The molecule has 0 fully saturated rings. The van der Waals surface area contributed by atoms with E-state index in [4.69, 9.17) is 19.4 Å². The van der Waals surface area contributed by atoms with Crippen LogP contribution in [0.25, 0.3) is 133 Å². The van der Waals surface area contributed by atoms with Gasteiger partial charge in [0.05, 0.1) is 22.1 Å². The molecule has 0 saturated carbocycles. The first-order valence-corrected chi connectivity index (χ1v) is 24.6. The van der Waals surface area contributed by atoms with Crippen molar-refractivity contribution in [2.75, 3.05) is 0 Å². The second-order valence-electron chi connectivity index (χ2n) is 19.6. The molecule has 1 aliphatic rings. The van der Waals surface area contributed by atoms with Gasteiger partial charge in [-0.1, -0.05) is 166 Å². The van der Waals surface area contributed by atoms with Crippen molar-refractivity contribution in [1.29, 1.82) is 0 Å². The second kappa shape index (κ2) is 15.3. The highest BCUT2D eigenvalue weighted by atomic mass is 16.3. The van der Waals surface area contributed by atoms with Crippen molar-refractivity contribution < 1.29 is 4.42 Å². The van der Waals surface area contributed by atoms with Crippen LogP contribution in [-0.2, 0) is 5.41 Å². The third kappa shape index (κ3) is 6.05. The van der Waals surface area contributed by atoms with Crippen LogP contribution < -0.4 is 0 Å². The third-order valence-electron chi connectivity index (χ3n) is 15.1. The van der Waals surface area contributed by atoms with E-state index in [2.05, 4.69) is 175 Å². The average molecular weight is 922 g/mol. The second-order valence-corrected chi connectivity index (χ2v) is 19.6. The van der Waals surface area contributed by atoms with Gasteiger partial charge in [0.25, 0.3) is 0 Å². The zero-order valence-electron chi connectivity index (χ0n) is 39.5. The van der Waals surface area contributed by atoms with Gasteiger partial charge in [-0.3, -0.25) is 0 Å². The van der Waals surface area contributed by atoms with Gasteiger partial charge in [0.1, 0.15) is 11.2 Å². The monoisotopic (exact) mass is 921 g/mol. The van der Waals surface area contributed by atoms with Crippen LogP contribution in [0, 0.1) is 0 Å². The van der Waals surface area contributed by atoms with E-state index in [0.717, 1.165) is 71.7 Å². The van der Waals surface area contributed by atoms with E-state index < -0.39 is 0 Å². The number of fused-ring (bicyclic) bond motifs is 12. The molecule has 4 heterocycles. The number of benzene rings is 10. The Kier molecular flexibility index (Phi) is 8.61. The highest BCUT2D eigenvalue weighted by Gasteiger charge is 2.37. The van der Waals surface area contributed by atoms with Crippen LogP contribution in [0.15, 0.2) is 229 Å². The van der Waals surface area contributed by atoms with Crippen molar-refractivity contribution in [1.82, 2.24) is 24.1 Å². The Morgan fingerprint density at radius 2 is 0.861 bits per heavy atom. The number of rotatable bonds is 6. The molecular formula is C66H43N5O. The Bertz CT molecular complexity index is 4470. The summed E-state index contributed by atoms with van der Waals surface area (Å²) in [6.07, 6.45) is 0. The molecule has 10 aromatic carbocycles. The smallest absolute Gasteiger partial charge is 0.164 e. The molecule has 4 aromatic heterocycles. The molecule has 0 spiro atoms. The summed E-state index contributed by atoms with van der Waals surface area (Å²) in [5, 5.41) is 7.04. The van der Waals surface area contributed by atoms with E-state index in [9.17, 15) is 0 Å². The van der Waals surface area contributed by atoms with Gasteiger partial charge in [-0.05, 0) is 100 Å². The summed E-state index contributed by atoms with van der Waals surface area (Å²) in [6, 6.07) is 80.2. The van der Waals surface area contributed by atoms with Gasteiger partial charge in [0.15, 0.2) is 17.5 Å². The van der Waals surface area contributed by atoms with Gasteiger partial charge < -0.3 is 13.6 Å². The van der Waals surface area contributed by atoms with Crippen molar-refractivity contribution in [3.63, 3.8) is 0 Å². The molecule has 0 unspecified atom stereocenters. The van der Waals surface area contributed by atoms with Crippen molar-refractivity contribution in [3.05, 3.63) is 236 Å². The first-order chi connectivity index (χ1) is 35.4. The highest BCUT2D eigenvalue weighted by Crippen LogP contribution is 2.52.